The molecule has 0 amide bonds. The third-order valence-electron chi connectivity index (χ3n) is 4.50. The van der Waals surface area contributed by atoms with Crippen LogP contribution in [0.2, 0.25) is 0 Å². The molecule has 0 unspecified atom stereocenters. The molecular formula is C19H24N4O. The fraction of sp³-hybridized carbons (Fsp3) is 0.474. The zero-order chi connectivity index (χ0) is 16.8. The number of aromatic nitrogens is 2. The number of aryl methyl sites for hydroxylation is 1. The predicted octanol–water partition coefficient (Wildman–Crippen LogP) is 2.63. The van der Waals surface area contributed by atoms with Crippen LogP contribution in [-0.4, -0.2) is 40.9 Å². The number of rotatable bonds is 7. The van der Waals surface area contributed by atoms with Crippen LogP contribution in [-0.2, 0) is 13.5 Å². The molecule has 5 heteroatoms. The van der Waals surface area contributed by atoms with Crippen LogP contribution in [0.25, 0.3) is 0 Å². The first kappa shape index (κ1) is 16.5. The van der Waals surface area contributed by atoms with E-state index in [1.54, 1.807) is 12.1 Å². The third kappa shape index (κ3) is 4.59. The van der Waals surface area contributed by atoms with Gasteiger partial charge >= 0.3 is 0 Å². The average Bonchev–Trinajstić information content (AvgIpc) is 3.21. The Hall–Kier alpha value is -2.32. The minimum absolute atomic E-state index is 0.644. The van der Waals surface area contributed by atoms with Crippen LogP contribution in [0.3, 0.4) is 0 Å². The molecule has 126 valence electrons. The number of hydrogen-bond acceptors (Lipinski definition) is 4. The Morgan fingerprint density at radius 3 is 3.12 bits per heavy atom. The molecule has 0 spiro atoms. The summed E-state index contributed by atoms with van der Waals surface area (Å²) in [6.45, 7) is 4.10. The van der Waals surface area contributed by atoms with Crippen molar-refractivity contribution in [2.45, 2.75) is 19.3 Å². The Bertz CT molecular complexity index is 703. The Morgan fingerprint density at radius 1 is 1.42 bits per heavy atom. The maximum Gasteiger partial charge on any atom is 0.120 e. The SMILES string of the molecule is Cn1cc(C[C@H]2CCN(CCCOc3cccc(C#N)c3)C2)cn1. The zero-order valence-electron chi connectivity index (χ0n) is 14.2. The second-order valence-electron chi connectivity index (χ2n) is 6.52. The van der Waals surface area contributed by atoms with Gasteiger partial charge in [-0.25, -0.2) is 0 Å². The summed E-state index contributed by atoms with van der Waals surface area (Å²) < 4.78 is 7.62. The molecule has 2 heterocycles. The summed E-state index contributed by atoms with van der Waals surface area (Å²) >= 11 is 0. The lowest BCUT2D eigenvalue weighted by atomic mass is 10.0. The lowest BCUT2D eigenvalue weighted by Gasteiger charge is -2.16. The molecule has 0 saturated carbocycles. The largest absolute Gasteiger partial charge is 0.494 e. The molecule has 0 aliphatic carbocycles. The van der Waals surface area contributed by atoms with Crippen molar-refractivity contribution in [1.29, 1.82) is 5.26 Å². The Labute approximate surface area is 143 Å². The van der Waals surface area contributed by atoms with Crippen molar-refractivity contribution >= 4 is 0 Å². The van der Waals surface area contributed by atoms with E-state index in [2.05, 4.69) is 22.3 Å². The number of nitrogens with zero attached hydrogens (tertiary/aromatic N) is 4. The number of benzene rings is 1. The van der Waals surface area contributed by atoms with Crippen LogP contribution >= 0.6 is 0 Å². The van der Waals surface area contributed by atoms with Crippen LogP contribution < -0.4 is 4.74 Å². The first-order valence-corrected chi connectivity index (χ1v) is 8.56. The summed E-state index contributed by atoms with van der Waals surface area (Å²) in [6, 6.07) is 9.48. The minimum Gasteiger partial charge on any atom is -0.494 e. The molecule has 1 fully saturated rings. The maximum absolute atomic E-state index is 8.89. The fourth-order valence-corrected chi connectivity index (χ4v) is 3.33. The Morgan fingerprint density at radius 2 is 2.33 bits per heavy atom. The third-order valence-corrected chi connectivity index (χ3v) is 4.50. The standard InChI is InChI=1S/C19H24N4O/c1-22-14-18(13-21-22)10-17-6-8-23(15-17)7-3-9-24-19-5-2-4-16(11-19)12-20/h2,4-5,11,13-14,17H,3,6-10,15H2,1H3/t17-/m1/s1. The molecular weight excluding hydrogens is 300 g/mol. The van der Waals surface area contributed by atoms with E-state index in [4.69, 9.17) is 10.00 Å². The van der Waals surface area contributed by atoms with Crippen LogP contribution in [0.5, 0.6) is 5.75 Å². The van der Waals surface area contributed by atoms with Crippen LogP contribution in [0.1, 0.15) is 24.0 Å². The summed E-state index contributed by atoms with van der Waals surface area (Å²) in [7, 11) is 1.97. The van der Waals surface area contributed by atoms with Gasteiger partial charge < -0.3 is 9.64 Å². The molecule has 1 aromatic carbocycles. The predicted molar refractivity (Wildman–Crippen MR) is 92.7 cm³/mol. The van der Waals surface area contributed by atoms with Crippen molar-refractivity contribution in [2.24, 2.45) is 13.0 Å². The highest BCUT2D eigenvalue weighted by Gasteiger charge is 2.22. The fourth-order valence-electron chi connectivity index (χ4n) is 3.33. The molecule has 2 aromatic rings. The minimum atomic E-state index is 0.644. The first-order chi connectivity index (χ1) is 11.7. The lowest BCUT2D eigenvalue weighted by Crippen LogP contribution is -2.23. The normalized spacial score (nSPS) is 17.8. The van der Waals surface area contributed by atoms with Gasteiger partial charge in [-0.15, -0.1) is 0 Å². The van der Waals surface area contributed by atoms with Gasteiger partial charge in [0.05, 0.1) is 24.4 Å². The van der Waals surface area contributed by atoms with Gasteiger partial charge in [-0.05, 0) is 55.5 Å². The van der Waals surface area contributed by atoms with Crippen molar-refractivity contribution in [3.8, 4) is 11.8 Å². The van der Waals surface area contributed by atoms with E-state index in [-0.39, 0.29) is 0 Å². The van der Waals surface area contributed by atoms with Crippen molar-refractivity contribution in [3.63, 3.8) is 0 Å². The van der Waals surface area contributed by atoms with Gasteiger partial charge in [0.1, 0.15) is 5.75 Å². The van der Waals surface area contributed by atoms with Gasteiger partial charge in [-0.1, -0.05) is 6.07 Å². The summed E-state index contributed by atoms with van der Waals surface area (Å²) in [5.74, 6) is 1.52. The summed E-state index contributed by atoms with van der Waals surface area (Å²) in [5, 5.41) is 13.1. The van der Waals surface area contributed by atoms with Gasteiger partial charge in [0.2, 0.25) is 0 Å². The molecule has 0 N–H and O–H groups in total. The highest BCUT2D eigenvalue weighted by atomic mass is 16.5. The highest BCUT2D eigenvalue weighted by molar-refractivity contribution is 5.36. The molecule has 3 rings (SSSR count). The second-order valence-corrected chi connectivity index (χ2v) is 6.52. The lowest BCUT2D eigenvalue weighted by molar-refractivity contribution is 0.258. The van der Waals surface area contributed by atoms with Gasteiger partial charge in [0.25, 0.3) is 0 Å². The maximum atomic E-state index is 8.89. The van der Waals surface area contributed by atoms with E-state index >= 15 is 0 Å². The van der Waals surface area contributed by atoms with Crippen molar-refractivity contribution in [3.05, 3.63) is 47.8 Å². The summed E-state index contributed by atoms with van der Waals surface area (Å²) in [6.07, 6.45) is 7.50. The molecule has 1 aliphatic heterocycles. The number of nitriles is 1. The van der Waals surface area contributed by atoms with Gasteiger partial charge in [-0.3, -0.25) is 4.68 Å². The van der Waals surface area contributed by atoms with Gasteiger partial charge in [0, 0.05) is 26.3 Å². The molecule has 24 heavy (non-hydrogen) atoms. The van der Waals surface area contributed by atoms with Crippen LogP contribution in [0, 0.1) is 17.2 Å². The van der Waals surface area contributed by atoms with E-state index < -0.39 is 0 Å². The van der Waals surface area contributed by atoms with Crippen molar-refractivity contribution in [1.82, 2.24) is 14.7 Å². The molecule has 0 radical (unpaired) electrons. The van der Waals surface area contributed by atoms with E-state index in [9.17, 15) is 0 Å². The molecule has 1 aliphatic rings. The van der Waals surface area contributed by atoms with Crippen molar-refractivity contribution < 1.29 is 4.74 Å². The molecule has 1 aromatic heterocycles. The van der Waals surface area contributed by atoms with E-state index in [0.29, 0.717) is 12.2 Å². The van der Waals surface area contributed by atoms with Gasteiger partial charge in [0.15, 0.2) is 0 Å². The quantitative estimate of drug-likeness (QED) is 0.735. The Kier molecular flexibility index (Phi) is 5.50. The van der Waals surface area contributed by atoms with Crippen LogP contribution in [0.4, 0.5) is 0 Å². The number of hydrogen-bond donors (Lipinski definition) is 0. The average molecular weight is 324 g/mol. The topological polar surface area (TPSA) is 54.1 Å². The second kappa shape index (κ2) is 7.98. The van der Waals surface area contributed by atoms with Gasteiger partial charge in [-0.2, -0.15) is 10.4 Å². The zero-order valence-corrected chi connectivity index (χ0v) is 14.2. The van der Waals surface area contributed by atoms with E-state index in [1.165, 1.54) is 25.1 Å². The van der Waals surface area contributed by atoms with Crippen molar-refractivity contribution in [2.75, 3.05) is 26.2 Å². The first-order valence-electron chi connectivity index (χ1n) is 8.56. The molecule has 5 nitrogen and oxygen atoms in total. The highest BCUT2D eigenvalue weighted by Crippen LogP contribution is 2.21. The molecule has 1 saturated heterocycles. The van der Waals surface area contributed by atoms with E-state index in [0.717, 1.165) is 31.1 Å². The molecule has 0 bridgehead atoms. The number of likely N-dealkylation sites (tertiary alicyclic amines) is 1. The smallest absolute Gasteiger partial charge is 0.120 e. The van der Waals surface area contributed by atoms with E-state index in [1.807, 2.05) is 30.1 Å². The Balaban J connectivity index is 1.35. The number of ether oxygens (including phenoxy) is 1. The summed E-state index contributed by atoms with van der Waals surface area (Å²) in [5.41, 5.74) is 1.98. The summed E-state index contributed by atoms with van der Waals surface area (Å²) in [4.78, 5) is 2.52. The monoisotopic (exact) mass is 324 g/mol. The van der Waals surface area contributed by atoms with Crippen LogP contribution in [0.15, 0.2) is 36.7 Å². The molecule has 1 atom stereocenters.